The van der Waals surface area contributed by atoms with Crippen LogP contribution in [-0.4, -0.2) is 37.0 Å². The normalized spacial score (nSPS) is 31.1. The summed E-state index contributed by atoms with van der Waals surface area (Å²) in [6.07, 6.45) is 1.73. The zero-order chi connectivity index (χ0) is 9.03. The molecule has 0 spiro atoms. The van der Waals surface area contributed by atoms with E-state index in [0.717, 1.165) is 6.42 Å². The van der Waals surface area contributed by atoms with Crippen molar-refractivity contribution in [2.45, 2.75) is 24.9 Å². The van der Waals surface area contributed by atoms with E-state index in [0.29, 0.717) is 26.1 Å². The number of carboxylic acids is 1. The molecular weight excluding hydrogens is 160 g/mol. The van der Waals surface area contributed by atoms with Crippen molar-refractivity contribution in [2.75, 3.05) is 20.3 Å². The van der Waals surface area contributed by atoms with Crippen LogP contribution in [0.25, 0.3) is 0 Å². The summed E-state index contributed by atoms with van der Waals surface area (Å²) in [6, 6.07) is 0. The average Bonchev–Trinajstić information content (AvgIpc) is 2.29. The number of hydrogen-bond acceptors (Lipinski definition) is 3. The van der Waals surface area contributed by atoms with Crippen molar-refractivity contribution in [2.24, 2.45) is 0 Å². The van der Waals surface area contributed by atoms with Gasteiger partial charge in [-0.05, 0) is 12.8 Å². The van der Waals surface area contributed by atoms with Gasteiger partial charge in [0.25, 0.3) is 0 Å². The minimum absolute atomic E-state index is 0.443. The minimum atomic E-state index is -1.00. The fraction of sp³-hybridized carbons (Fsp3) is 0.875. The van der Waals surface area contributed by atoms with Crippen molar-refractivity contribution in [3.05, 3.63) is 0 Å². The molecule has 1 aliphatic rings. The summed E-state index contributed by atoms with van der Waals surface area (Å²) in [7, 11) is 1.44. The Bertz CT molecular complexity index is 158. The van der Waals surface area contributed by atoms with E-state index in [1.54, 1.807) is 0 Å². The first kappa shape index (κ1) is 9.48. The Morgan fingerprint density at radius 1 is 1.50 bits per heavy atom. The standard InChI is InChI=1S/C8H14O4/c1-11-8(7(9)10)3-2-5-12-6-4-8/h2-6H2,1H3,(H,9,10)/t8-/m0/s1. The molecule has 0 saturated carbocycles. The Labute approximate surface area is 71.5 Å². The highest BCUT2D eigenvalue weighted by Crippen LogP contribution is 2.24. The van der Waals surface area contributed by atoms with Crippen molar-refractivity contribution in [3.8, 4) is 0 Å². The van der Waals surface area contributed by atoms with E-state index in [-0.39, 0.29) is 0 Å². The third kappa shape index (κ3) is 1.76. The molecule has 0 radical (unpaired) electrons. The number of carbonyl (C=O) groups is 1. The Hall–Kier alpha value is -0.610. The molecule has 0 unspecified atom stereocenters. The molecule has 1 heterocycles. The summed E-state index contributed by atoms with van der Waals surface area (Å²) < 4.78 is 10.2. The fourth-order valence-corrected chi connectivity index (χ4v) is 1.43. The molecular formula is C8H14O4. The van der Waals surface area contributed by atoms with Crippen LogP contribution in [-0.2, 0) is 14.3 Å². The van der Waals surface area contributed by atoms with Crippen LogP contribution in [0, 0.1) is 0 Å². The van der Waals surface area contributed by atoms with Crippen LogP contribution in [0.1, 0.15) is 19.3 Å². The first-order valence-electron chi connectivity index (χ1n) is 4.07. The molecule has 1 atom stereocenters. The molecule has 0 aromatic rings. The van der Waals surface area contributed by atoms with Crippen LogP contribution in [0.15, 0.2) is 0 Å². The molecule has 1 N–H and O–H groups in total. The van der Waals surface area contributed by atoms with Crippen LogP contribution in [0.5, 0.6) is 0 Å². The molecule has 12 heavy (non-hydrogen) atoms. The molecule has 0 bridgehead atoms. The van der Waals surface area contributed by atoms with Crippen LogP contribution < -0.4 is 0 Å². The second kappa shape index (κ2) is 3.87. The van der Waals surface area contributed by atoms with Crippen LogP contribution in [0.2, 0.25) is 0 Å². The van der Waals surface area contributed by atoms with Crippen molar-refractivity contribution in [1.82, 2.24) is 0 Å². The maximum Gasteiger partial charge on any atom is 0.336 e. The Morgan fingerprint density at radius 3 is 2.83 bits per heavy atom. The van der Waals surface area contributed by atoms with Gasteiger partial charge in [0.15, 0.2) is 5.60 Å². The lowest BCUT2D eigenvalue weighted by Gasteiger charge is -2.25. The summed E-state index contributed by atoms with van der Waals surface area (Å²) in [6.45, 7) is 1.11. The van der Waals surface area contributed by atoms with E-state index in [9.17, 15) is 4.79 Å². The van der Waals surface area contributed by atoms with Gasteiger partial charge in [-0.1, -0.05) is 0 Å². The highest BCUT2D eigenvalue weighted by Gasteiger charge is 2.38. The van der Waals surface area contributed by atoms with Crippen LogP contribution in [0.3, 0.4) is 0 Å². The molecule has 1 rings (SSSR count). The summed E-state index contributed by atoms with van der Waals surface area (Å²) in [5.74, 6) is -0.879. The molecule has 0 aromatic carbocycles. The van der Waals surface area contributed by atoms with Gasteiger partial charge < -0.3 is 14.6 Å². The van der Waals surface area contributed by atoms with Gasteiger partial charge in [0, 0.05) is 26.7 Å². The molecule has 4 heteroatoms. The number of aliphatic carboxylic acids is 1. The summed E-state index contributed by atoms with van der Waals surface area (Å²) >= 11 is 0. The average molecular weight is 174 g/mol. The second-order valence-electron chi connectivity index (χ2n) is 2.97. The summed E-state index contributed by atoms with van der Waals surface area (Å²) in [5, 5.41) is 8.93. The number of methoxy groups -OCH3 is 1. The van der Waals surface area contributed by atoms with E-state index in [1.165, 1.54) is 7.11 Å². The SMILES string of the molecule is CO[C@@]1(C(=O)O)CCCOCC1. The van der Waals surface area contributed by atoms with Gasteiger partial charge in [-0.3, -0.25) is 0 Å². The largest absolute Gasteiger partial charge is 0.479 e. The first-order valence-corrected chi connectivity index (χ1v) is 4.07. The lowest BCUT2D eigenvalue weighted by Crippen LogP contribution is -2.40. The summed E-state index contributed by atoms with van der Waals surface area (Å²) in [5.41, 5.74) is -1.00. The van der Waals surface area contributed by atoms with Crippen molar-refractivity contribution in [1.29, 1.82) is 0 Å². The monoisotopic (exact) mass is 174 g/mol. The predicted octanol–water partition coefficient (Wildman–Crippen LogP) is 0.657. The minimum Gasteiger partial charge on any atom is -0.479 e. The van der Waals surface area contributed by atoms with Crippen LogP contribution >= 0.6 is 0 Å². The Morgan fingerprint density at radius 2 is 2.25 bits per heavy atom. The maximum atomic E-state index is 10.9. The Kier molecular flexibility index (Phi) is 3.05. The first-order chi connectivity index (χ1) is 5.71. The number of carboxylic acid groups (broad SMARTS) is 1. The van der Waals surface area contributed by atoms with Crippen molar-refractivity contribution in [3.63, 3.8) is 0 Å². The van der Waals surface area contributed by atoms with Gasteiger partial charge in [0.2, 0.25) is 0 Å². The highest BCUT2D eigenvalue weighted by atomic mass is 16.5. The molecule has 0 amide bonds. The summed E-state index contributed by atoms with van der Waals surface area (Å²) in [4.78, 5) is 10.9. The second-order valence-corrected chi connectivity index (χ2v) is 2.97. The molecule has 4 nitrogen and oxygen atoms in total. The van der Waals surface area contributed by atoms with Gasteiger partial charge in [-0.2, -0.15) is 0 Å². The third-order valence-corrected chi connectivity index (χ3v) is 2.30. The van der Waals surface area contributed by atoms with Gasteiger partial charge in [0.1, 0.15) is 0 Å². The van der Waals surface area contributed by atoms with Crippen molar-refractivity contribution >= 4 is 5.97 Å². The fourth-order valence-electron chi connectivity index (χ4n) is 1.43. The van der Waals surface area contributed by atoms with Crippen LogP contribution in [0.4, 0.5) is 0 Å². The number of ether oxygens (including phenoxy) is 2. The van der Waals surface area contributed by atoms with Gasteiger partial charge >= 0.3 is 5.97 Å². The third-order valence-electron chi connectivity index (χ3n) is 2.30. The zero-order valence-electron chi connectivity index (χ0n) is 7.21. The molecule has 1 fully saturated rings. The lowest BCUT2D eigenvalue weighted by atomic mass is 9.95. The van der Waals surface area contributed by atoms with E-state index in [4.69, 9.17) is 14.6 Å². The number of hydrogen-bond donors (Lipinski definition) is 1. The topological polar surface area (TPSA) is 55.8 Å². The van der Waals surface area contributed by atoms with E-state index in [1.807, 2.05) is 0 Å². The van der Waals surface area contributed by atoms with Gasteiger partial charge in [-0.25, -0.2) is 4.79 Å². The van der Waals surface area contributed by atoms with Gasteiger partial charge in [-0.15, -0.1) is 0 Å². The lowest BCUT2D eigenvalue weighted by molar-refractivity contribution is -0.164. The zero-order valence-corrected chi connectivity index (χ0v) is 7.21. The van der Waals surface area contributed by atoms with Gasteiger partial charge in [0.05, 0.1) is 0 Å². The maximum absolute atomic E-state index is 10.9. The predicted molar refractivity (Wildman–Crippen MR) is 42.0 cm³/mol. The molecule has 0 aromatic heterocycles. The molecule has 1 saturated heterocycles. The molecule has 70 valence electrons. The van der Waals surface area contributed by atoms with Crippen molar-refractivity contribution < 1.29 is 19.4 Å². The number of rotatable bonds is 2. The quantitative estimate of drug-likeness (QED) is 0.668. The highest BCUT2D eigenvalue weighted by molar-refractivity contribution is 5.77. The van der Waals surface area contributed by atoms with E-state index < -0.39 is 11.6 Å². The Balaban J connectivity index is 2.68. The molecule has 0 aliphatic carbocycles. The molecule has 1 aliphatic heterocycles. The van der Waals surface area contributed by atoms with E-state index >= 15 is 0 Å². The van der Waals surface area contributed by atoms with E-state index in [2.05, 4.69) is 0 Å². The smallest absolute Gasteiger partial charge is 0.336 e.